The second-order valence-electron chi connectivity index (χ2n) is 0.250. The van der Waals surface area contributed by atoms with Crippen molar-refractivity contribution in [1.82, 2.24) is 0 Å². The van der Waals surface area contributed by atoms with Gasteiger partial charge in [0.05, 0.1) is 0 Å². The smallest absolute Gasteiger partial charge is 0.652 e. The molecule has 0 amide bonds. The van der Waals surface area contributed by atoms with Crippen LogP contribution in [0.25, 0.3) is 0 Å². The zero-order chi connectivity index (χ0) is 15.6. The van der Waals surface area contributed by atoms with Crippen LogP contribution < -0.4 is 267 Å². The van der Waals surface area contributed by atoms with E-state index < -0.39 is 6.16 Å². The molecule has 0 aliphatic carbocycles. The number of nitrogens with zero attached hydrogens (tertiary/aromatic N) is 6. The summed E-state index contributed by atoms with van der Waals surface area (Å²) in [5.74, 6) is 0. The molecule has 0 saturated heterocycles. The average Bonchev–Trinajstić information content (AvgIpc) is 2.42. The minimum absolute atomic E-state index is 0. The summed E-state index contributed by atoms with van der Waals surface area (Å²) >= 11 is 0. The SMILES string of the molecule is O=C([O-])[O-].[C-]#N.[C-]#N.[C-]#N.[C-]#N.[C-]#N.[C-]#N.[Fe+3].[K+].[K+].[K+].[K+].[K+]. The first kappa shape index (κ1) is 93.4. The average molecular weight is 467 g/mol. The maximum absolute atomic E-state index is 8.33. The molecule has 15 heteroatoms. The first-order valence-electron chi connectivity index (χ1n) is 1.95. The summed E-state index contributed by atoms with van der Waals surface area (Å²) in [5.41, 5.74) is 0. The Morgan fingerprint density at radius 1 is 0.500 bits per heavy atom. The van der Waals surface area contributed by atoms with Gasteiger partial charge in [-0.25, -0.2) is 0 Å². The van der Waals surface area contributed by atoms with E-state index in [4.69, 9.17) is 86.0 Å². The zero-order valence-corrected chi connectivity index (χ0v) is 29.5. The largest absolute Gasteiger partial charge is 3.00 e. The maximum atomic E-state index is 8.33. The topological polar surface area (TPSA) is 206 Å². The van der Waals surface area contributed by atoms with Crippen molar-refractivity contribution >= 4 is 6.16 Å². The normalized spacial score (nSPS) is 1.64. The molecule has 9 nitrogen and oxygen atoms in total. The molecule has 0 bridgehead atoms. The molecule has 0 fully saturated rings. The zero-order valence-electron chi connectivity index (χ0n) is 12.8. The molecule has 0 spiro atoms. The molecule has 0 heterocycles. The molecule has 0 aliphatic rings. The molecule has 22 heavy (non-hydrogen) atoms. The van der Waals surface area contributed by atoms with Gasteiger partial charge < -0.3 is 86.0 Å². The van der Waals surface area contributed by atoms with E-state index in [1.807, 2.05) is 0 Å². The fraction of sp³-hybridized carbons (Fsp3) is 0. The van der Waals surface area contributed by atoms with Gasteiger partial charge in [0.1, 0.15) is 0 Å². The third-order valence-electron chi connectivity index (χ3n) is 0. The Morgan fingerprint density at radius 2 is 0.500 bits per heavy atom. The molecule has 0 aromatic rings. The van der Waals surface area contributed by atoms with Crippen LogP contribution in [0.1, 0.15) is 0 Å². The number of carboxylic acid groups (broad SMARTS) is 2. The van der Waals surface area contributed by atoms with Crippen LogP contribution in [-0.2, 0) is 17.1 Å². The predicted octanol–water partition coefficient (Wildman–Crippen LogP) is -16.9. The van der Waals surface area contributed by atoms with E-state index in [0.29, 0.717) is 0 Å². The van der Waals surface area contributed by atoms with E-state index >= 15 is 0 Å². The number of carbonyl (C=O) groups is 1. The van der Waals surface area contributed by atoms with E-state index in [-0.39, 0.29) is 274 Å². The van der Waals surface area contributed by atoms with Gasteiger partial charge in [0, 0.05) is 0 Å². The number of hydrogen-bond acceptors (Lipinski definition) is 9. The van der Waals surface area contributed by atoms with Crippen molar-refractivity contribution in [2.75, 3.05) is 0 Å². The van der Waals surface area contributed by atoms with Crippen LogP contribution in [0.2, 0.25) is 0 Å². The van der Waals surface area contributed by atoms with Crippen molar-refractivity contribution in [3.05, 3.63) is 39.4 Å². The molecule has 0 unspecified atom stereocenters. The van der Waals surface area contributed by atoms with Gasteiger partial charge in [-0.15, -0.1) is 0 Å². The fourth-order valence-electron chi connectivity index (χ4n) is 0. The van der Waals surface area contributed by atoms with Crippen molar-refractivity contribution in [3.8, 4) is 0 Å². The van der Waals surface area contributed by atoms with Gasteiger partial charge in [-0.3, -0.25) is 0 Å². The van der Waals surface area contributed by atoms with Gasteiger partial charge in [-0.05, 0) is 6.16 Å². The van der Waals surface area contributed by atoms with Gasteiger partial charge in [-0.2, -0.15) is 0 Å². The summed E-state index contributed by atoms with van der Waals surface area (Å²) in [6.45, 7) is 28.5. The Kier molecular flexibility index (Phi) is 1090. The Balaban J connectivity index is -0.00000000382. The van der Waals surface area contributed by atoms with Crippen molar-refractivity contribution in [1.29, 1.82) is 31.6 Å². The van der Waals surface area contributed by atoms with Crippen LogP contribution in [0.15, 0.2) is 0 Å². The van der Waals surface area contributed by atoms with Crippen molar-refractivity contribution in [2.45, 2.75) is 0 Å². The van der Waals surface area contributed by atoms with E-state index in [0.717, 1.165) is 0 Å². The summed E-state index contributed by atoms with van der Waals surface area (Å²) in [4.78, 5) is 8.33. The van der Waals surface area contributed by atoms with E-state index in [9.17, 15) is 0 Å². The first-order chi connectivity index (χ1) is 7.73. The Labute approximate surface area is 354 Å². The molecule has 0 atom stereocenters. The van der Waals surface area contributed by atoms with E-state index in [1.165, 1.54) is 0 Å². The van der Waals surface area contributed by atoms with Crippen LogP contribution >= 0.6 is 0 Å². The minimum atomic E-state index is -2.33. The molecule has 0 aromatic carbocycles. The Morgan fingerprint density at radius 3 is 0.500 bits per heavy atom. The summed E-state index contributed by atoms with van der Waals surface area (Å²) in [7, 11) is 0. The summed E-state index contributed by atoms with van der Waals surface area (Å²) in [6, 6.07) is 0. The van der Waals surface area contributed by atoms with Crippen LogP contribution in [0, 0.1) is 71.0 Å². The van der Waals surface area contributed by atoms with Gasteiger partial charge in [0.2, 0.25) is 0 Å². The van der Waals surface area contributed by atoms with Crippen molar-refractivity contribution < 1.29 is 289 Å². The van der Waals surface area contributed by atoms with Gasteiger partial charge >= 0.3 is 274 Å². The molecule has 89 valence electrons. The Hall–Kier alpha value is 4.91. The molecular formula is C7FeK5N6O3. The molecular weight excluding hydrogens is 467 g/mol. The summed E-state index contributed by atoms with van der Waals surface area (Å²) in [5, 5.41) is 54.2. The minimum Gasteiger partial charge on any atom is -0.652 e. The quantitative estimate of drug-likeness (QED) is 0.244. The molecule has 0 aliphatic heterocycles. The van der Waals surface area contributed by atoms with Crippen LogP contribution in [0.5, 0.6) is 0 Å². The Bertz CT molecular complexity index is 184. The predicted molar refractivity (Wildman–Crippen MR) is 35.2 cm³/mol. The van der Waals surface area contributed by atoms with Gasteiger partial charge in [-0.1, -0.05) is 0 Å². The molecule has 1 radical (unpaired) electrons. The molecule has 0 rings (SSSR count). The van der Waals surface area contributed by atoms with Crippen LogP contribution in [-0.4, -0.2) is 6.16 Å². The van der Waals surface area contributed by atoms with Crippen molar-refractivity contribution in [2.24, 2.45) is 0 Å². The summed E-state index contributed by atoms with van der Waals surface area (Å²) < 4.78 is 0. The van der Waals surface area contributed by atoms with Gasteiger partial charge in [0.25, 0.3) is 0 Å². The molecule has 0 aromatic heterocycles. The van der Waals surface area contributed by atoms with Crippen molar-refractivity contribution in [3.63, 3.8) is 0 Å². The van der Waals surface area contributed by atoms with E-state index in [1.54, 1.807) is 0 Å². The first-order valence-corrected chi connectivity index (χ1v) is 1.95. The van der Waals surface area contributed by atoms with E-state index in [2.05, 4.69) is 0 Å². The number of carbonyl (C=O) groups excluding carboxylic acids is 1. The number of hydrogen-bond donors (Lipinski definition) is 0. The second-order valence-corrected chi connectivity index (χ2v) is 0.250. The fourth-order valence-corrected chi connectivity index (χ4v) is 0. The van der Waals surface area contributed by atoms with Gasteiger partial charge in [0.15, 0.2) is 0 Å². The monoisotopic (exact) mass is 467 g/mol. The standard InChI is InChI=1S/6CN.CH2O3.Fe.5K/c6*1-2;2-1(3)4;;;;;;/h;;;;;;(H2,2,3,4);;;;;;/q6*-1;;+3;5*+1/p-2. The number of rotatable bonds is 0. The third-order valence-corrected chi connectivity index (χ3v) is 0. The maximum Gasteiger partial charge on any atom is 3.00 e. The molecule has 0 N–H and O–H groups in total. The van der Waals surface area contributed by atoms with Crippen LogP contribution in [0.3, 0.4) is 0 Å². The molecule has 0 saturated carbocycles. The summed E-state index contributed by atoms with van der Waals surface area (Å²) in [6.07, 6.45) is -2.33. The third kappa shape index (κ3) is 590. The second kappa shape index (κ2) is 257. The van der Waals surface area contributed by atoms with Crippen LogP contribution in [0.4, 0.5) is 4.79 Å².